The number of halogens is 1. The van der Waals surface area contributed by atoms with Gasteiger partial charge in [-0.1, -0.05) is 28.2 Å². The van der Waals surface area contributed by atoms with Gasteiger partial charge in [0, 0.05) is 29.2 Å². The van der Waals surface area contributed by atoms with Crippen LogP contribution in [0.5, 0.6) is 0 Å². The highest BCUT2D eigenvalue weighted by atomic mass is 35.5. The van der Waals surface area contributed by atoms with E-state index in [-0.39, 0.29) is 5.69 Å². The number of aromatic nitrogens is 5. The molecule has 2 aromatic heterocycles. The standard InChI is InChI=1S/C11H7ClN6O2S/c12-10-9(14-16-21-10)5-17-6-13-11(15-17)7-2-1-3-8(4-7)18(19)20/h1-4,6H,5H2. The first-order valence-corrected chi connectivity index (χ1v) is 6.89. The van der Waals surface area contributed by atoms with Crippen molar-refractivity contribution in [1.82, 2.24) is 24.4 Å². The fourth-order valence-corrected chi connectivity index (χ4v) is 2.32. The first-order chi connectivity index (χ1) is 10.1. The van der Waals surface area contributed by atoms with Gasteiger partial charge in [0.1, 0.15) is 16.4 Å². The molecule has 3 aromatic rings. The molecule has 21 heavy (non-hydrogen) atoms. The molecule has 0 fully saturated rings. The first kappa shape index (κ1) is 13.6. The summed E-state index contributed by atoms with van der Waals surface area (Å²) in [6.07, 6.45) is 1.52. The lowest BCUT2D eigenvalue weighted by Gasteiger charge is -1.97. The molecule has 0 amide bonds. The van der Waals surface area contributed by atoms with Crippen molar-refractivity contribution in [3.8, 4) is 11.4 Å². The third-order valence-electron chi connectivity index (χ3n) is 2.67. The lowest BCUT2D eigenvalue weighted by Crippen LogP contribution is -2.01. The number of nitrogens with zero attached hydrogens (tertiary/aromatic N) is 6. The lowest BCUT2D eigenvalue weighted by atomic mass is 10.2. The van der Waals surface area contributed by atoms with E-state index in [1.165, 1.54) is 18.5 Å². The van der Waals surface area contributed by atoms with Gasteiger partial charge in [0.25, 0.3) is 5.69 Å². The van der Waals surface area contributed by atoms with Gasteiger partial charge < -0.3 is 0 Å². The van der Waals surface area contributed by atoms with Crippen LogP contribution in [0.2, 0.25) is 4.34 Å². The van der Waals surface area contributed by atoms with Crippen LogP contribution in [0.4, 0.5) is 5.69 Å². The van der Waals surface area contributed by atoms with E-state index in [4.69, 9.17) is 11.6 Å². The van der Waals surface area contributed by atoms with E-state index in [0.717, 1.165) is 11.5 Å². The number of nitro benzene ring substituents is 1. The molecule has 3 rings (SSSR count). The van der Waals surface area contributed by atoms with Crippen molar-refractivity contribution in [3.05, 3.63) is 50.7 Å². The summed E-state index contributed by atoms with van der Waals surface area (Å²) in [5, 5.41) is 18.9. The third-order valence-corrected chi connectivity index (χ3v) is 3.66. The van der Waals surface area contributed by atoms with Crippen molar-refractivity contribution >= 4 is 28.8 Å². The molecule has 0 bridgehead atoms. The molecule has 0 atom stereocenters. The molecule has 0 spiro atoms. The summed E-state index contributed by atoms with van der Waals surface area (Å²) in [6.45, 7) is 0.345. The minimum atomic E-state index is -0.457. The molecule has 0 radical (unpaired) electrons. The summed E-state index contributed by atoms with van der Waals surface area (Å²) in [4.78, 5) is 14.5. The highest BCUT2D eigenvalue weighted by molar-refractivity contribution is 7.10. The number of non-ortho nitro benzene ring substituents is 1. The maximum Gasteiger partial charge on any atom is 0.270 e. The maximum absolute atomic E-state index is 10.8. The Bertz CT molecular complexity index is 801. The van der Waals surface area contributed by atoms with Crippen LogP contribution in [-0.4, -0.2) is 29.3 Å². The zero-order chi connectivity index (χ0) is 14.8. The molecule has 2 heterocycles. The highest BCUT2D eigenvalue weighted by Gasteiger charge is 2.12. The van der Waals surface area contributed by atoms with Gasteiger partial charge in [-0.3, -0.25) is 10.1 Å². The second-order valence-corrected chi connectivity index (χ2v) is 5.42. The van der Waals surface area contributed by atoms with Gasteiger partial charge >= 0.3 is 0 Å². The minimum Gasteiger partial charge on any atom is -0.258 e. The van der Waals surface area contributed by atoms with Gasteiger partial charge in [0.15, 0.2) is 5.82 Å². The van der Waals surface area contributed by atoms with E-state index in [1.807, 2.05) is 0 Å². The number of hydrogen-bond donors (Lipinski definition) is 0. The zero-order valence-corrected chi connectivity index (χ0v) is 12.0. The van der Waals surface area contributed by atoms with Crippen LogP contribution < -0.4 is 0 Å². The molecule has 0 aliphatic heterocycles. The normalized spacial score (nSPS) is 10.7. The summed E-state index contributed by atoms with van der Waals surface area (Å²) in [5.74, 6) is 0.401. The first-order valence-electron chi connectivity index (χ1n) is 5.74. The van der Waals surface area contributed by atoms with E-state index in [2.05, 4.69) is 19.7 Å². The fraction of sp³-hybridized carbons (Fsp3) is 0.0909. The predicted octanol–water partition coefficient (Wildman–Crippen LogP) is 2.41. The van der Waals surface area contributed by atoms with Crippen LogP contribution in [0.25, 0.3) is 11.4 Å². The Morgan fingerprint density at radius 1 is 1.43 bits per heavy atom. The largest absolute Gasteiger partial charge is 0.270 e. The number of benzene rings is 1. The van der Waals surface area contributed by atoms with Gasteiger partial charge in [-0.15, -0.1) is 5.10 Å². The van der Waals surface area contributed by atoms with E-state index in [1.54, 1.807) is 16.8 Å². The quantitative estimate of drug-likeness (QED) is 0.540. The fourth-order valence-electron chi connectivity index (χ4n) is 1.71. The van der Waals surface area contributed by atoms with Crippen molar-refractivity contribution < 1.29 is 4.92 Å². The van der Waals surface area contributed by atoms with Crippen LogP contribution in [0.3, 0.4) is 0 Å². The smallest absolute Gasteiger partial charge is 0.258 e. The Kier molecular flexibility index (Phi) is 3.59. The average molecular weight is 323 g/mol. The van der Waals surface area contributed by atoms with Crippen molar-refractivity contribution in [2.45, 2.75) is 6.54 Å². The molecular weight excluding hydrogens is 316 g/mol. The Balaban J connectivity index is 1.86. The van der Waals surface area contributed by atoms with Gasteiger partial charge in [-0.05, 0) is 0 Å². The van der Waals surface area contributed by atoms with Gasteiger partial charge in [0.05, 0.1) is 11.5 Å². The topological polar surface area (TPSA) is 99.6 Å². The van der Waals surface area contributed by atoms with Gasteiger partial charge in [0.2, 0.25) is 0 Å². The summed E-state index contributed by atoms with van der Waals surface area (Å²) >= 11 is 7.03. The minimum absolute atomic E-state index is 0.00408. The molecule has 0 N–H and O–H groups in total. The Morgan fingerprint density at radius 2 is 2.29 bits per heavy atom. The summed E-state index contributed by atoms with van der Waals surface area (Å²) in [6, 6.07) is 6.15. The van der Waals surface area contributed by atoms with Crippen molar-refractivity contribution in [3.63, 3.8) is 0 Å². The lowest BCUT2D eigenvalue weighted by molar-refractivity contribution is -0.384. The van der Waals surface area contributed by atoms with E-state index >= 15 is 0 Å². The van der Waals surface area contributed by atoms with Crippen LogP contribution in [0.15, 0.2) is 30.6 Å². The van der Waals surface area contributed by atoms with Crippen molar-refractivity contribution in [2.24, 2.45) is 0 Å². The van der Waals surface area contributed by atoms with Crippen LogP contribution >= 0.6 is 23.1 Å². The molecule has 106 valence electrons. The molecule has 1 aromatic carbocycles. The van der Waals surface area contributed by atoms with Gasteiger partial charge in [-0.25, -0.2) is 9.67 Å². The molecule has 0 aliphatic carbocycles. The summed E-state index contributed by atoms with van der Waals surface area (Å²) < 4.78 is 5.79. The van der Waals surface area contributed by atoms with Crippen molar-refractivity contribution in [1.29, 1.82) is 0 Å². The second-order valence-electron chi connectivity index (χ2n) is 4.07. The van der Waals surface area contributed by atoms with Crippen LogP contribution in [0, 0.1) is 10.1 Å². The Morgan fingerprint density at radius 3 is 3.00 bits per heavy atom. The molecule has 0 unspecified atom stereocenters. The van der Waals surface area contributed by atoms with E-state index in [0.29, 0.717) is 28.0 Å². The Labute approximate surface area is 127 Å². The van der Waals surface area contributed by atoms with E-state index < -0.39 is 4.92 Å². The molecule has 10 heteroatoms. The number of hydrogen-bond acceptors (Lipinski definition) is 7. The molecular formula is C11H7ClN6O2S. The monoisotopic (exact) mass is 322 g/mol. The molecule has 0 saturated carbocycles. The summed E-state index contributed by atoms with van der Waals surface area (Å²) in [5.41, 5.74) is 1.18. The number of rotatable bonds is 4. The highest BCUT2D eigenvalue weighted by Crippen LogP contribution is 2.21. The van der Waals surface area contributed by atoms with Crippen molar-refractivity contribution in [2.75, 3.05) is 0 Å². The number of nitro groups is 1. The molecule has 0 saturated heterocycles. The SMILES string of the molecule is O=[N+]([O-])c1cccc(-c2ncn(Cc3nnsc3Cl)n2)c1. The second kappa shape index (κ2) is 5.54. The average Bonchev–Trinajstić information content (AvgIpc) is 3.10. The third kappa shape index (κ3) is 2.88. The summed E-state index contributed by atoms with van der Waals surface area (Å²) in [7, 11) is 0. The molecule has 8 nitrogen and oxygen atoms in total. The van der Waals surface area contributed by atoms with Crippen LogP contribution in [0.1, 0.15) is 5.69 Å². The zero-order valence-electron chi connectivity index (χ0n) is 10.4. The van der Waals surface area contributed by atoms with Gasteiger partial charge in [-0.2, -0.15) is 5.10 Å². The predicted molar refractivity (Wildman–Crippen MR) is 76.1 cm³/mol. The maximum atomic E-state index is 10.8. The van der Waals surface area contributed by atoms with E-state index in [9.17, 15) is 10.1 Å². The van der Waals surface area contributed by atoms with Crippen LogP contribution in [-0.2, 0) is 6.54 Å². The Hall–Kier alpha value is -2.39. The molecule has 0 aliphatic rings.